The summed E-state index contributed by atoms with van der Waals surface area (Å²) in [7, 11) is 0. The van der Waals surface area contributed by atoms with Crippen LogP contribution >= 0.6 is 11.3 Å². The molecule has 0 spiro atoms. The third kappa shape index (κ3) is 6.02. The van der Waals surface area contributed by atoms with Crippen molar-refractivity contribution < 1.29 is 32.5 Å². The molecule has 1 saturated heterocycles. The first-order valence-corrected chi connectivity index (χ1v) is 11.1. The number of nitrogens with zero attached hydrogens (tertiary/aromatic N) is 5. The zero-order valence-corrected chi connectivity index (χ0v) is 19.5. The summed E-state index contributed by atoms with van der Waals surface area (Å²) in [6, 6.07) is -0.546. The zero-order chi connectivity index (χ0) is 24.4. The number of aliphatic hydroxyl groups is 1. The second-order valence-corrected chi connectivity index (χ2v) is 9.29. The number of alkyl halides is 3. The zero-order valence-electron chi connectivity index (χ0n) is 18.7. The number of rotatable bonds is 5. The standard InChI is InChI=1S/C20H26F3N5O4S/c1-5-31-17-24-8-12(9-25-17)14-15(33-16(26-14)20(21,22)23)27-6-7-28(13(10-27)11-29)18(30)32-19(2,3)4/h8-9,13,29H,5-7,10-11H2,1-4H3/t13-/m0/s1. The lowest BCUT2D eigenvalue weighted by molar-refractivity contribution is -0.137. The monoisotopic (exact) mass is 489 g/mol. The summed E-state index contributed by atoms with van der Waals surface area (Å²) in [5, 5.41) is 9.13. The van der Waals surface area contributed by atoms with Gasteiger partial charge in [-0.25, -0.2) is 19.7 Å². The van der Waals surface area contributed by atoms with Gasteiger partial charge in [0.2, 0.25) is 5.01 Å². The molecule has 3 rings (SSSR count). The Balaban J connectivity index is 1.90. The van der Waals surface area contributed by atoms with Gasteiger partial charge in [0.15, 0.2) is 0 Å². The van der Waals surface area contributed by atoms with Crippen LogP contribution in [0.1, 0.15) is 32.7 Å². The van der Waals surface area contributed by atoms with Crippen LogP contribution in [0.25, 0.3) is 11.3 Å². The number of hydrogen-bond donors (Lipinski definition) is 1. The predicted molar refractivity (Wildman–Crippen MR) is 115 cm³/mol. The van der Waals surface area contributed by atoms with E-state index < -0.39 is 28.9 Å². The highest BCUT2D eigenvalue weighted by molar-refractivity contribution is 7.16. The van der Waals surface area contributed by atoms with E-state index in [2.05, 4.69) is 15.0 Å². The molecule has 0 radical (unpaired) electrons. The Morgan fingerprint density at radius 3 is 2.45 bits per heavy atom. The fourth-order valence-electron chi connectivity index (χ4n) is 3.23. The summed E-state index contributed by atoms with van der Waals surface area (Å²) in [6.07, 6.45) is -2.49. The molecule has 1 N–H and O–H groups in total. The minimum absolute atomic E-state index is 0.0813. The molecule has 1 aliphatic heterocycles. The molecule has 1 fully saturated rings. The molecule has 0 unspecified atom stereocenters. The van der Waals surface area contributed by atoms with Gasteiger partial charge in [0, 0.05) is 37.6 Å². The van der Waals surface area contributed by atoms with Gasteiger partial charge in [0.25, 0.3) is 0 Å². The molecule has 0 saturated carbocycles. The number of ether oxygens (including phenoxy) is 2. The van der Waals surface area contributed by atoms with E-state index in [9.17, 15) is 23.1 Å². The van der Waals surface area contributed by atoms with Gasteiger partial charge in [-0.05, 0) is 27.7 Å². The van der Waals surface area contributed by atoms with Gasteiger partial charge in [0.05, 0.1) is 19.3 Å². The largest absolute Gasteiger partial charge is 0.464 e. The average Bonchev–Trinajstić information content (AvgIpc) is 3.19. The van der Waals surface area contributed by atoms with E-state index in [0.717, 1.165) is 0 Å². The van der Waals surface area contributed by atoms with Crippen LogP contribution in [-0.4, -0.2) is 75.5 Å². The Morgan fingerprint density at radius 1 is 1.24 bits per heavy atom. The minimum atomic E-state index is -4.63. The van der Waals surface area contributed by atoms with Crippen molar-refractivity contribution in [3.8, 4) is 17.3 Å². The molecule has 0 aliphatic carbocycles. The lowest BCUT2D eigenvalue weighted by atomic mass is 10.1. The van der Waals surface area contributed by atoms with Crippen LogP contribution in [0.4, 0.5) is 23.0 Å². The summed E-state index contributed by atoms with van der Waals surface area (Å²) >= 11 is 0.501. The number of carbonyl (C=O) groups is 1. The van der Waals surface area contributed by atoms with Gasteiger partial charge >= 0.3 is 18.3 Å². The van der Waals surface area contributed by atoms with Crippen molar-refractivity contribution in [2.75, 3.05) is 37.7 Å². The van der Waals surface area contributed by atoms with Crippen molar-refractivity contribution in [2.45, 2.75) is 45.5 Å². The van der Waals surface area contributed by atoms with Gasteiger partial charge < -0.3 is 19.5 Å². The topological polar surface area (TPSA) is 101 Å². The van der Waals surface area contributed by atoms with Crippen LogP contribution in [0.15, 0.2) is 12.4 Å². The van der Waals surface area contributed by atoms with Crippen LogP contribution < -0.4 is 9.64 Å². The quantitative estimate of drug-likeness (QED) is 0.682. The van der Waals surface area contributed by atoms with E-state index in [1.54, 1.807) is 32.6 Å². The molecule has 0 aromatic carbocycles. The SMILES string of the molecule is CCOc1ncc(-c2nc(C(F)(F)F)sc2N2CCN(C(=O)OC(C)(C)C)[C@H](CO)C2)cn1. The van der Waals surface area contributed by atoms with E-state index in [4.69, 9.17) is 9.47 Å². The maximum absolute atomic E-state index is 13.5. The number of thiazole rings is 1. The number of aliphatic hydroxyl groups excluding tert-OH is 1. The van der Waals surface area contributed by atoms with Gasteiger partial charge in [-0.3, -0.25) is 4.90 Å². The Morgan fingerprint density at radius 2 is 1.91 bits per heavy atom. The highest BCUT2D eigenvalue weighted by Gasteiger charge is 2.39. The van der Waals surface area contributed by atoms with Crippen LogP contribution in [0.3, 0.4) is 0 Å². The van der Waals surface area contributed by atoms with Gasteiger partial charge in [-0.15, -0.1) is 0 Å². The molecule has 2 aromatic rings. The van der Waals surface area contributed by atoms with Crippen molar-refractivity contribution in [2.24, 2.45) is 0 Å². The highest BCUT2D eigenvalue weighted by Crippen LogP contribution is 2.43. The lowest BCUT2D eigenvalue weighted by Crippen LogP contribution is -2.57. The molecule has 13 heteroatoms. The molecule has 1 atom stereocenters. The van der Waals surface area contributed by atoms with Crippen LogP contribution in [-0.2, 0) is 10.9 Å². The van der Waals surface area contributed by atoms with Crippen molar-refractivity contribution >= 4 is 22.4 Å². The number of aromatic nitrogens is 3. The lowest BCUT2D eigenvalue weighted by Gasteiger charge is -2.41. The van der Waals surface area contributed by atoms with Crippen molar-refractivity contribution in [3.63, 3.8) is 0 Å². The second kappa shape index (κ2) is 9.67. The third-order valence-corrected chi connectivity index (χ3v) is 5.80. The van der Waals surface area contributed by atoms with E-state index in [-0.39, 0.29) is 42.9 Å². The fraction of sp³-hybridized carbons (Fsp3) is 0.600. The molecule has 33 heavy (non-hydrogen) atoms. The number of halogens is 3. The first-order chi connectivity index (χ1) is 15.4. The smallest absolute Gasteiger partial charge is 0.443 e. The first-order valence-electron chi connectivity index (χ1n) is 10.3. The summed E-state index contributed by atoms with van der Waals surface area (Å²) in [5.41, 5.74) is -0.331. The van der Waals surface area contributed by atoms with Crippen LogP contribution in [0.5, 0.6) is 6.01 Å². The summed E-state index contributed by atoms with van der Waals surface area (Å²) in [5.74, 6) is 0. The number of piperazine rings is 1. The number of amides is 1. The molecule has 3 heterocycles. The van der Waals surface area contributed by atoms with Crippen molar-refractivity contribution in [1.82, 2.24) is 19.9 Å². The minimum Gasteiger partial charge on any atom is -0.464 e. The van der Waals surface area contributed by atoms with Crippen LogP contribution in [0, 0.1) is 0 Å². The molecule has 1 aliphatic rings. The van der Waals surface area contributed by atoms with E-state index in [1.165, 1.54) is 17.3 Å². The Hall–Kier alpha value is -2.67. The normalized spacial score (nSPS) is 17.3. The maximum atomic E-state index is 13.5. The average molecular weight is 490 g/mol. The molecular formula is C20H26F3N5O4S. The van der Waals surface area contributed by atoms with Crippen molar-refractivity contribution in [1.29, 1.82) is 0 Å². The summed E-state index contributed by atoms with van der Waals surface area (Å²) in [6.45, 7) is 7.45. The van der Waals surface area contributed by atoms with Gasteiger partial charge in [-0.2, -0.15) is 13.2 Å². The first kappa shape index (κ1) is 25.0. The fourth-order valence-corrected chi connectivity index (χ4v) is 4.23. The molecular weight excluding hydrogens is 463 g/mol. The van der Waals surface area contributed by atoms with E-state index in [1.807, 2.05) is 0 Å². The molecule has 9 nitrogen and oxygen atoms in total. The number of hydrogen-bond acceptors (Lipinski definition) is 9. The number of carbonyl (C=O) groups excluding carboxylic acids is 1. The number of anilines is 1. The molecule has 2 aromatic heterocycles. The predicted octanol–water partition coefficient (Wildman–Crippen LogP) is 3.44. The van der Waals surface area contributed by atoms with Crippen LogP contribution in [0.2, 0.25) is 0 Å². The highest BCUT2D eigenvalue weighted by atomic mass is 32.1. The molecule has 182 valence electrons. The van der Waals surface area contributed by atoms with Gasteiger partial charge in [0.1, 0.15) is 16.3 Å². The summed E-state index contributed by atoms with van der Waals surface area (Å²) in [4.78, 5) is 27.5. The second-order valence-electron chi connectivity index (χ2n) is 8.31. The van der Waals surface area contributed by atoms with Gasteiger partial charge in [-0.1, -0.05) is 11.3 Å². The Bertz CT molecular complexity index is 962. The molecule has 1 amide bonds. The Labute approximate surface area is 193 Å². The van der Waals surface area contributed by atoms with E-state index >= 15 is 0 Å². The van der Waals surface area contributed by atoms with E-state index in [0.29, 0.717) is 23.5 Å². The van der Waals surface area contributed by atoms with Crippen molar-refractivity contribution in [3.05, 3.63) is 17.4 Å². The molecule has 0 bridgehead atoms. The summed E-state index contributed by atoms with van der Waals surface area (Å²) < 4.78 is 51.0. The Kier molecular flexibility index (Phi) is 7.32. The third-order valence-electron chi connectivity index (χ3n) is 4.64. The maximum Gasteiger partial charge on any atom is 0.443 e.